The van der Waals surface area contributed by atoms with Crippen molar-refractivity contribution in [1.29, 1.82) is 0 Å². The number of amides is 1. The first-order valence-electron chi connectivity index (χ1n) is 10.2. The van der Waals surface area contributed by atoms with Crippen LogP contribution in [-0.2, 0) is 4.79 Å². The zero-order chi connectivity index (χ0) is 20.9. The van der Waals surface area contributed by atoms with Crippen LogP contribution in [0.4, 0.5) is 10.1 Å². The Morgan fingerprint density at radius 2 is 1.73 bits per heavy atom. The number of benzene rings is 2. The van der Waals surface area contributed by atoms with Crippen LogP contribution < -0.4 is 9.64 Å². The van der Waals surface area contributed by atoms with E-state index in [1.165, 1.54) is 12.1 Å². The summed E-state index contributed by atoms with van der Waals surface area (Å²) in [6.07, 6.45) is 4.14. The minimum atomic E-state index is -0.288. The fraction of sp³-hybridized carbons (Fsp3) is 0.292. The van der Waals surface area contributed by atoms with E-state index in [2.05, 4.69) is 11.0 Å². The number of hydrogen-bond donors (Lipinski definition) is 0. The van der Waals surface area contributed by atoms with Gasteiger partial charge in [0, 0.05) is 50.3 Å². The average Bonchev–Trinajstić information content (AvgIpc) is 3.32. The minimum Gasteiger partial charge on any atom is -0.497 e. The summed E-state index contributed by atoms with van der Waals surface area (Å²) >= 11 is 0. The molecule has 1 fully saturated rings. The topological polar surface area (TPSA) is 37.7 Å². The lowest BCUT2D eigenvalue weighted by molar-refractivity contribution is -0.132. The molecule has 0 aliphatic carbocycles. The summed E-state index contributed by atoms with van der Waals surface area (Å²) in [6.45, 7) is 2.87. The fourth-order valence-corrected chi connectivity index (χ4v) is 3.98. The molecule has 2 heterocycles. The lowest BCUT2D eigenvalue weighted by Crippen LogP contribution is -2.49. The highest BCUT2D eigenvalue weighted by Gasteiger charge is 2.25. The van der Waals surface area contributed by atoms with Crippen molar-refractivity contribution in [3.05, 3.63) is 84.4 Å². The monoisotopic (exact) mass is 407 g/mol. The van der Waals surface area contributed by atoms with Gasteiger partial charge in [-0.05, 0) is 42.0 Å². The highest BCUT2D eigenvalue weighted by atomic mass is 19.1. The van der Waals surface area contributed by atoms with Crippen LogP contribution in [0, 0.1) is 5.82 Å². The van der Waals surface area contributed by atoms with Gasteiger partial charge in [-0.25, -0.2) is 4.39 Å². The summed E-state index contributed by atoms with van der Waals surface area (Å²) in [5, 5.41) is 0. The molecule has 1 aliphatic heterocycles. The van der Waals surface area contributed by atoms with Gasteiger partial charge in [0.2, 0.25) is 5.91 Å². The lowest BCUT2D eigenvalue weighted by atomic mass is 10.0. The number of carbonyl (C=O) groups excluding carboxylic acids is 1. The van der Waals surface area contributed by atoms with Crippen molar-refractivity contribution in [2.24, 2.45) is 0 Å². The van der Waals surface area contributed by atoms with Crippen molar-refractivity contribution in [2.45, 2.75) is 12.5 Å². The zero-order valence-corrected chi connectivity index (χ0v) is 17.1. The predicted molar refractivity (Wildman–Crippen MR) is 115 cm³/mol. The van der Waals surface area contributed by atoms with Crippen LogP contribution in [0.25, 0.3) is 0 Å². The quantitative estimate of drug-likeness (QED) is 0.621. The third kappa shape index (κ3) is 4.48. The molecule has 0 saturated carbocycles. The Morgan fingerprint density at radius 3 is 2.43 bits per heavy atom. The Balaban J connectivity index is 1.43. The predicted octanol–water partition coefficient (Wildman–Crippen LogP) is 3.96. The van der Waals surface area contributed by atoms with Crippen LogP contribution in [0.1, 0.15) is 18.0 Å². The summed E-state index contributed by atoms with van der Waals surface area (Å²) < 4.78 is 21.1. The molecule has 1 aromatic heterocycles. The normalized spacial score (nSPS) is 15.1. The largest absolute Gasteiger partial charge is 0.497 e. The molecule has 1 amide bonds. The van der Waals surface area contributed by atoms with Crippen LogP contribution in [0.15, 0.2) is 73.1 Å². The fourth-order valence-electron chi connectivity index (χ4n) is 3.98. The zero-order valence-electron chi connectivity index (χ0n) is 17.1. The molecule has 4 rings (SSSR count). The number of carbonyl (C=O) groups is 1. The van der Waals surface area contributed by atoms with Crippen LogP contribution in [0.5, 0.6) is 5.75 Å². The number of rotatable bonds is 6. The van der Waals surface area contributed by atoms with Gasteiger partial charge >= 0.3 is 0 Å². The number of piperazine rings is 1. The third-order valence-electron chi connectivity index (χ3n) is 5.64. The van der Waals surface area contributed by atoms with Gasteiger partial charge in [-0.2, -0.15) is 0 Å². The molecule has 2 aromatic carbocycles. The molecule has 5 nitrogen and oxygen atoms in total. The molecule has 1 saturated heterocycles. The van der Waals surface area contributed by atoms with E-state index in [9.17, 15) is 9.18 Å². The standard InChI is InChI=1S/C24H26FN3O2/c1-30-22-9-5-8-21(17-22)26-12-14-28(15-13-26)24(29)18-23(27-10-2-3-11-27)19-6-4-7-20(25)16-19/h2-11,16-17,23H,12-15,18H2,1H3. The Labute approximate surface area is 176 Å². The van der Waals surface area contributed by atoms with Crippen molar-refractivity contribution in [1.82, 2.24) is 9.47 Å². The summed E-state index contributed by atoms with van der Waals surface area (Å²) in [7, 11) is 1.66. The molecule has 1 aliphatic rings. The number of anilines is 1. The molecule has 6 heteroatoms. The maximum absolute atomic E-state index is 13.8. The van der Waals surface area contributed by atoms with E-state index in [4.69, 9.17) is 4.74 Å². The van der Waals surface area contributed by atoms with Gasteiger partial charge in [0.15, 0.2) is 0 Å². The summed E-state index contributed by atoms with van der Waals surface area (Å²) in [5.41, 5.74) is 1.90. The second-order valence-corrected chi connectivity index (χ2v) is 7.47. The molecule has 0 radical (unpaired) electrons. The van der Waals surface area contributed by atoms with Crippen LogP contribution in [0.2, 0.25) is 0 Å². The number of methoxy groups -OCH3 is 1. The smallest absolute Gasteiger partial charge is 0.225 e. The molecule has 1 unspecified atom stereocenters. The van der Waals surface area contributed by atoms with Crippen molar-refractivity contribution >= 4 is 11.6 Å². The van der Waals surface area contributed by atoms with E-state index in [-0.39, 0.29) is 17.8 Å². The Bertz CT molecular complexity index is 982. The van der Waals surface area contributed by atoms with E-state index in [0.717, 1.165) is 30.1 Å². The van der Waals surface area contributed by atoms with E-state index >= 15 is 0 Å². The van der Waals surface area contributed by atoms with Gasteiger partial charge in [-0.3, -0.25) is 4.79 Å². The maximum atomic E-state index is 13.8. The highest BCUT2D eigenvalue weighted by molar-refractivity contribution is 5.77. The Kier molecular flexibility index (Phi) is 6.02. The van der Waals surface area contributed by atoms with Crippen molar-refractivity contribution in [3.63, 3.8) is 0 Å². The number of hydrogen-bond acceptors (Lipinski definition) is 3. The SMILES string of the molecule is COc1cccc(N2CCN(C(=O)CC(c3cccc(F)c3)n3cccc3)CC2)c1. The summed E-state index contributed by atoms with van der Waals surface area (Å²) in [5.74, 6) is 0.628. The molecule has 156 valence electrons. The van der Waals surface area contributed by atoms with E-state index in [0.29, 0.717) is 19.5 Å². The lowest BCUT2D eigenvalue weighted by Gasteiger charge is -2.37. The number of nitrogens with zero attached hydrogens (tertiary/aromatic N) is 3. The number of ether oxygens (including phenoxy) is 1. The number of halogens is 1. The van der Waals surface area contributed by atoms with E-state index < -0.39 is 0 Å². The van der Waals surface area contributed by atoms with Crippen LogP contribution in [0.3, 0.4) is 0 Å². The van der Waals surface area contributed by atoms with Crippen LogP contribution in [-0.4, -0.2) is 48.7 Å². The molecule has 1 atom stereocenters. The molecular formula is C24H26FN3O2. The van der Waals surface area contributed by atoms with Gasteiger partial charge in [0.25, 0.3) is 0 Å². The molecule has 0 bridgehead atoms. The molecule has 0 spiro atoms. The molecule has 30 heavy (non-hydrogen) atoms. The van der Waals surface area contributed by atoms with E-state index in [1.54, 1.807) is 13.2 Å². The summed E-state index contributed by atoms with van der Waals surface area (Å²) in [4.78, 5) is 17.3. The average molecular weight is 407 g/mol. The Morgan fingerprint density at radius 1 is 1.00 bits per heavy atom. The van der Waals surface area contributed by atoms with E-state index in [1.807, 2.05) is 58.3 Å². The van der Waals surface area contributed by atoms with Gasteiger partial charge < -0.3 is 19.1 Å². The first-order valence-corrected chi connectivity index (χ1v) is 10.2. The maximum Gasteiger partial charge on any atom is 0.225 e. The van der Waals surface area contributed by atoms with Crippen LogP contribution >= 0.6 is 0 Å². The molecule has 0 N–H and O–H groups in total. The second kappa shape index (κ2) is 9.03. The van der Waals surface area contributed by atoms with Gasteiger partial charge in [0.05, 0.1) is 19.6 Å². The minimum absolute atomic E-state index is 0.0863. The summed E-state index contributed by atoms with van der Waals surface area (Å²) in [6, 6.07) is 18.1. The third-order valence-corrected chi connectivity index (χ3v) is 5.64. The van der Waals surface area contributed by atoms with Crippen molar-refractivity contribution in [3.8, 4) is 5.75 Å². The van der Waals surface area contributed by atoms with Gasteiger partial charge in [-0.1, -0.05) is 18.2 Å². The Hall–Kier alpha value is -3.28. The second-order valence-electron chi connectivity index (χ2n) is 7.47. The number of aromatic nitrogens is 1. The first kappa shape index (κ1) is 20.0. The first-order chi connectivity index (χ1) is 14.6. The van der Waals surface area contributed by atoms with Gasteiger partial charge in [0.1, 0.15) is 11.6 Å². The molecule has 3 aromatic rings. The molecular weight excluding hydrogens is 381 g/mol. The van der Waals surface area contributed by atoms with Gasteiger partial charge in [-0.15, -0.1) is 0 Å². The highest BCUT2D eigenvalue weighted by Crippen LogP contribution is 2.26. The van der Waals surface area contributed by atoms with Crippen molar-refractivity contribution in [2.75, 3.05) is 38.2 Å². The van der Waals surface area contributed by atoms with Crippen molar-refractivity contribution < 1.29 is 13.9 Å².